The zero-order chi connectivity index (χ0) is 14.5. The number of hydrogen-bond acceptors (Lipinski definition) is 3. The largest absolute Gasteiger partial charge is 0.339 e. The molecule has 1 saturated heterocycles. The molecule has 4 nitrogen and oxygen atoms in total. The Morgan fingerprint density at radius 2 is 2.05 bits per heavy atom. The fourth-order valence-corrected chi connectivity index (χ4v) is 2.26. The normalized spacial score (nSPS) is 15.7. The summed E-state index contributed by atoms with van der Waals surface area (Å²) in [5.41, 5.74) is 0.264. The first-order valence-electron chi connectivity index (χ1n) is 6.67. The van der Waals surface area contributed by atoms with E-state index in [0.29, 0.717) is 13.1 Å². The van der Waals surface area contributed by atoms with Crippen molar-refractivity contribution in [2.75, 3.05) is 39.8 Å². The van der Waals surface area contributed by atoms with Gasteiger partial charge < -0.3 is 10.2 Å². The Morgan fingerprint density at radius 1 is 1.35 bits per heavy atom. The Labute approximate surface area is 117 Å². The standard InChI is InChI=1S/C14H19F2N3O/c1-18(9-11-8-12(15)2-3-13(11)16)10-14(20)19-6-4-17-5-7-19/h2-3,8,17H,4-7,9-10H2,1H3. The average molecular weight is 283 g/mol. The number of benzene rings is 1. The third kappa shape index (κ3) is 3.98. The SMILES string of the molecule is CN(CC(=O)N1CCNCC1)Cc1cc(F)ccc1F. The van der Waals surface area contributed by atoms with Crippen molar-refractivity contribution in [3.8, 4) is 0 Å². The van der Waals surface area contributed by atoms with Crippen LogP contribution in [0.2, 0.25) is 0 Å². The molecule has 0 spiro atoms. The van der Waals surface area contributed by atoms with Crippen LogP contribution in [0.4, 0.5) is 8.78 Å². The molecular weight excluding hydrogens is 264 g/mol. The molecule has 0 aliphatic carbocycles. The summed E-state index contributed by atoms with van der Waals surface area (Å²) >= 11 is 0. The summed E-state index contributed by atoms with van der Waals surface area (Å²) in [5, 5.41) is 3.18. The maximum Gasteiger partial charge on any atom is 0.236 e. The van der Waals surface area contributed by atoms with Crippen molar-refractivity contribution in [3.63, 3.8) is 0 Å². The Bertz CT molecular complexity index is 475. The first-order chi connectivity index (χ1) is 9.56. The van der Waals surface area contributed by atoms with Crippen molar-refractivity contribution < 1.29 is 13.6 Å². The van der Waals surface area contributed by atoms with Crippen LogP contribution in [0.15, 0.2) is 18.2 Å². The summed E-state index contributed by atoms with van der Waals surface area (Å²) in [6, 6.07) is 3.36. The minimum Gasteiger partial charge on any atom is -0.339 e. The van der Waals surface area contributed by atoms with E-state index < -0.39 is 11.6 Å². The molecule has 1 heterocycles. The molecule has 1 fully saturated rings. The smallest absolute Gasteiger partial charge is 0.236 e. The predicted octanol–water partition coefficient (Wildman–Crippen LogP) is 0.828. The minimum absolute atomic E-state index is 0.0193. The Hall–Kier alpha value is -1.53. The van der Waals surface area contributed by atoms with Gasteiger partial charge in [-0.2, -0.15) is 0 Å². The van der Waals surface area contributed by atoms with E-state index in [4.69, 9.17) is 0 Å². The third-order valence-corrected chi connectivity index (χ3v) is 3.32. The Morgan fingerprint density at radius 3 is 2.75 bits per heavy atom. The number of amides is 1. The number of carbonyl (C=O) groups excluding carboxylic acids is 1. The summed E-state index contributed by atoms with van der Waals surface area (Å²) in [6.07, 6.45) is 0. The molecule has 1 aliphatic heterocycles. The van der Waals surface area contributed by atoms with Crippen molar-refractivity contribution in [2.45, 2.75) is 6.54 Å². The van der Waals surface area contributed by atoms with Crippen LogP contribution in [0.5, 0.6) is 0 Å². The lowest BCUT2D eigenvalue weighted by Crippen LogP contribution is -2.49. The zero-order valence-electron chi connectivity index (χ0n) is 11.5. The lowest BCUT2D eigenvalue weighted by Gasteiger charge is -2.29. The second kappa shape index (κ2) is 6.76. The van der Waals surface area contributed by atoms with Gasteiger partial charge in [-0.1, -0.05) is 0 Å². The number of carbonyl (C=O) groups is 1. The molecule has 1 N–H and O–H groups in total. The van der Waals surface area contributed by atoms with Gasteiger partial charge in [0.2, 0.25) is 5.91 Å². The van der Waals surface area contributed by atoms with Crippen LogP contribution < -0.4 is 5.32 Å². The van der Waals surface area contributed by atoms with Crippen LogP contribution in [0.25, 0.3) is 0 Å². The predicted molar refractivity (Wildman–Crippen MR) is 72.1 cm³/mol. The van der Waals surface area contributed by atoms with Gasteiger partial charge in [-0.3, -0.25) is 9.69 Å². The molecule has 0 aromatic heterocycles. The summed E-state index contributed by atoms with van der Waals surface area (Å²) in [7, 11) is 1.73. The van der Waals surface area contributed by atoms with Gasteiger partial charge in [0.25, 0.3) is 0 Å². The number of hydrogen-bond donors (Lipinski definition) is 1. The van der Waals surface area contributed by atoms with Crippen molar-refractivity contribution in [2.24, 2.45) is 0 Å². The van der Waals surface area contributed by atoms with Gasteiger partial charge in [0.15, 0.2) is 0 Å². The molecular formula is C14H19F2N3O. The van der Waals surface area contributed by atoms with Crippen molar-refractivity contribution in [1.82, 2.24) is 15.1 Å². The molecule has 1 aromatic rings. The molecule has 0 saturated carbocycles. The van der Waals surface area contributed by atoms with E-state index in [9.17, 15) is 13.6 Å². The molecule has 0 radical (unpaired) electrons. The van der Waals surface area contributed by atoms with Crippen LogP contribution in [-0.2, 0) is 11.3 Å². The van der Waals surface area contributed by atoms with E-state index in [1.807, 2.05) is 0 Å². The van der Waals surface area contributed by atoms with Gasteiger partial charge in [-0.05, 0) is 25.2 Å². The van der Waals surface area contributed by atoms with Gasteiger partial charge in [-0.15, -0.1) is 0 Å². The summed E-state index contributed by atoms with van der Waals surface area (Å²) < 4.78 is 26.6. The molecule has 6 heteroatoms. The minimum atomic E-state index is -0.469. The highest BCUT2D eigenvalue weighted by atomic mass is 19.1. The van der Waals surface area contributed by atoms with E-state index >= 15 is 0 Å². The molecule has 110 valence electrons. The summed E-state index contributed by atoms with van der Waals surface area (Å²) in [6.45, 7) is 3.40. The maximum atomic E-state index is 13.5. The molecule has 1 aliphatic rings. The van der Waals surface area contributed by atoms with Gasteiger partial charge in [0.1, 0.15) is 11.6 Å². The van der Waals surface area contributed by atoms with E-state index in [0.717, 1.165) is 25.2 Å². The van der Waals surface area contributed by atoms with Gasteiger partial charge in [-0.25, -0.2) is 8.78 Å². The molecule has 2 rings (SSSR count). The third-order valence-electron chi connectivity index (χ3n) is 3.32. The van der Waals surface area contributed by atoms with Crippen molar-refractivity contribution >= 4 is 5.91 Å². The maximum absolute atomic E-state index is 13.5. The lowest BCUT2D eigenvalue weighted by atomic mass is 10.2. The number of piperazine rings is 1. The Balaban J connectivity index is 1.89. The number of halogens is 2. The quantitative estimate of drug-likeness (QED) is 0.889. The number of likely N-dealkylation sites (N-methyl/N-ethyl adjacent to an activating group) is 1. The monoisotopic (exact) mass is 283 g/mol. The summed E-state index contributed by atoms with van der Waals surface area (Å²) in [4.78, 5) is 15.5. The highest BCUT2D eigenvalue weighted by Gasteiger charge is 2.18. The van der Waals surface area contributed by atoms with Crippen molar-refractivity contribution in [1.29, 1.82) is 0 Å². The Kier molecular flexibility index (Phi) is 5.03. The van der Waals surface area contributed by atoms with Crippen molar-refractivity contribution in [3.05, 3.63) is 35.4 Å². The molecule has 0 bridgehead atoms. The van der Waals surface area contributed by atoms with Crippen LogP contribution in [0.1, 0.15) is 5.56 Å². The van der Waals surface area contributed by atoms with E-state index in [1.54, 1.807) is 16.8 Å². The van der Waals surface area contributed by atoms with Crippen LogP contribution in [0, 0.1) is 11.6 Å². The number of rotatable bonds is 4. The first kappa shape index (κ1) is 14.9. The van der Waals surface area contributed by atoms with E-state index in [-0.39, 0.29) is 24.6 Å². The second-order valence-electron chi connectivity index (χ2n) is 5.04. The fourth-order valence-electron chi connectivity index (χ4n) is 2.26. The van der Waals surface area contributed by atoms with E-state index in [2.05, 4.69) is 5.32 Å². The lowest BCUT2D eigenvalue weighted by molar-refractivity contribution is -0.132. The molecule has 1 aromatic carbocycles. The number of nitrogens with one attached hydrogen (secondary N) is 1. The van der Waals surface area contributed by atoms with Crippen LogP contribution in [0.3, 0.4) is 0 Å². The highest BCUT2D eigenvalue weighted by molar-refractivity contribution is 5.78. The van der Waals surface area contributed by atoms with Gasteiger partial charge >= 0.3 is 0 Å². The van der Waals surface area contributed by atoms with Gasteiger partial charge in [0.05, 0.1) is 6.54 Å². The fraction of sp³-hybridized carbons (Fsp3) is 0.500. The topological polar surface area (TPSA) is 35.6 Å². The second-order valence-corrected chi connectivity index (χ2v) is 5.04. The summed E-state index contributed by atoms with van der Waals surface area (Å²) in [5.74, 6) is -0.901. The average Bonchev–Trinajstić information content (AvgIpc) is 2.43. The molecule has 1 amide bonds. The number of nitrogens with zero attached hydrogens (tertiary/aromatic N) is 2. The first-order valence-corrected chi connectivity index (χ1v) is 6.67. The van der Waals surface area contributed by atoms with Gasteiger partial charge in [0, 0.05) is 38.3 Å². The molecule has 0 atom stereocenters. The van der Waals surface area contributed by atoms with Crippen LogP contribution in [-0.4, -0.2) is 55.5 Å². The van der Waals surface area contributed by atoms with E-state index in [1.165, 1.54) is 6.07 Å². The molecule has 0 unspecified atom stereocenters. The highest BCUT2D eigenvalue weighted by Crippen LogP contribution is 2.11. The molecule has 20 heavy (non-hydrogen) atoms. The zero-order valence-corrected chi connectivity index (χ0v) is 11.5. The van der Waals surface area contributed by atoms with Crippen LogP contribution >= 0.6 is 0 Å².